The van der Waals surface area contributed by atoms with Crippen LogP contribution in [-0.2, 0) is 25.9 Å². The Balaban J connectivity index is 0.00000131. The van der Waals surface area contributed by atoms with Crippen molar-refractivity contribution in [2.45, 2.75) is 25.9 Å². The Morgan fingerprint density at radius 3 is 1.48 bits per heavy atom. The van der Waals surface area contributed by atoms with Crippen LogP contribution in [0.2, 0.25) is 20.1 Å². The lowest BCUT2D eigenvalue weighted by molar-refractivity contribution is 0.110. The second-order valence-electron chi connectivity index (χ2n) is 6.74. The van der Waals surface area contributed by atoms with E-state index in [4.69, 9.17) is 46.4 Å². The Bertz CT molecular complexity index is 759. The van der Waals surface area contributed by atoms with Gasteiger partial charge in [0.05, 0.1) is 26.8 Å². The highest BCUT2D eigenvalue weighted by Crippen LogP contribution is 2.34. The summed E-state index contributed by atoms with van der Waals surface area (Å²) in [6.45, 7) is 4.61. The molecule has 0 saturated carbocycles. The summed E-state index contributed by atoms with van der Waals surface area (Å²) in [5.41, 5.74) is 4.95. The fourth-order valence-corrected chi connectivity index (χ4v) is 4.60. The van der Waals surface area contributed by atoms with Crippen molar-refractivity contribution in [2.75, 3.05) is 19.8 Å². The summed E-state index contributed by atoms with van der Waals surface area (Å²) in [5.74, 6) is 0. The molecule has 0 spiro atoms. The van der Waals surface area contributed by atoms with E-state index < -0.39 is 0 Å². The van der Waals surface area contributed by atoms with Crippen LogP contribution in [0, 0.1) is 0 Å². The molecule has 0 atom stereocenters. The minimum atomic E-state index is 0. The number of hydrogen-bond acceptors (Lipinski definition) is 2. The summed E-state index contributed by atoms with van der Waals surface area (Å²) in [7, 11) is 0. The highest BCUT2D eigenvalue weighted by atomic mass is 35.5. The topological polar surface area (TPSA) is 6.48 Å². The zero-order valence-electron chi connectivity index (χ0n) is 14.5. The Labute approximate surface area is 192 Å². The van der Waals surface area contributed by atoms with Crippen molar-refractivity contribution in [2.24, 2.45) is 0 Å². The lowest BCUT2D eigenvalue weighted by atomic mass is 9.99. The molecule has 2 aliphatic rings. The summed E-state index contributed by atoms with van der Waals surface area (Å²) < 4.78 is 0. The van der Waals surface area contributed by atoms with Crippen molar-refractivity contribution in [3.05, 3.63) is 66.6 Å². The van der Waals surface area contributed by atoms with Crippen molar-refractivity contribution in [3.63, 3.8) is 0 Å². The fraction of sp³-hybridized carbons (Fsp3) is 0.368. The van der Waals surface area contributed by atoms with E-state index in [2.05, 4.69) is 21.9 Å². The van der Waals surface area contributed by atoms with Gasteiger partial charge in [-0.2, -0.15) is 0 Å². The summed E-state index contributed by atoms with van der Waals surface area (Å²) in [4.78, 5) is 4.85. The van der Waals surface area contributed by atoms with Crippen LogP contribution in [-0.4, -0.2) is 29.6 Å². The van der Waals surface area contributed by atoms with Gasteiger partial charge < -0.3 is 0 Å². The molecular formula is C19H20Cl6N2. The van der Waals surface area contributed by atoms with Crippen molar-refractivity contribution in [1.29, 1.82) is 0 Å². The average Bonchev–Trinajstić information content (AvgIpc) is 2.62. The lowest BCUT2D eigenvalue weighted by Crippen LogP contribution is -2.42. The monoisotopic (exact) mass is 486 g/mol. The van der Waals surface area contributed by atoms with Gasteiger partial charge in [-0.15, -0.1) is 24.8 Å². The molecule has 2 aromatic carbocycles. The van der Waals surface area contributed by atoms with Gasteiger partial charge in [0.1, 0.15) is 0 Å². The van der Waals surface area contributed by atoms with Crippen molar-refractivity contribution >= 4 is 71.2 Å². The van der Waals surface area contributed by atoms with Crippen LogP contribution in [0.5, 0.6) is 0 Å². The van der Waals surface area contributed by atoms with Gasteiger partial charge >= 0.3 is 0 Å². The first-order chi connectivity index (χ1) is 12.0. The van der Waals surface area contributed by atoms with Crippen LogP contribution in [0.15, 0.2) is 24.3 Å². The van der Waals surface area contributed by atoms with E-state index in [1.54, 1.807) is 0 Å². The SMILES string of the molecule is Cl.Cl.Clc1ccc2c(c1Cl)CN(CN1CCc3ccc(Cl)c(Cl)c3C1)CC2. The molecule has 0 saturated heterocycles. The van der Waals surface area contributed by atoms with Crippen molar-refractivity contribution in [1.82, 2.24) is 9.80 Å². The van der Waals surface area contributed by atoms with Gasteiger partial charge in [0.25, 0.3) is 0 Å². The molecule has 2 aromatic rings. The normalized spacial score (nSPS) is 16.7. The number of nitrogens with zero attached hydrogens (tertiary/aromatic N) is 2. The smallest absolute Gasteiger partial charge is 0.0640 e. The Hall–Kier alpha value is 0.1000. The fourth-order valence-electron chi connectivity index (χ4n) is 3.76. The number of hydrogen-bond donors (Lipinski definition) is 0. The van der Waals surface area contributed by atoms with E-state index in [1.165, 1.54) is 22.3 Å². The molecule has 0 fully saturated rings. The second-order valence-corrected chi connectivity index (χ2v) is 8.31. The molecule has 2 heterocycles. The lowest BCUT2D eigenvalue weighted by Gasteiger charge is -2.36. The molecule has 4 rings (SSSR count). The van der Waals surface area contributed by atoms with Crippen molar-refractivity contribution in [3.8, 4) is 0 Å². The van der Waals surface area contributed by atoms with E-state index >= 15 is 0 Å². The highest BCUT2D eigenvalue weighted by Gasteiger charge is 2.25. The summed E-state index contributed by atoms with van der Waals surface area (Å²) >= 11 is 25.2. The first-order valence-electron chi connectivity index (χ1n) is 8.39. The molecule has 8 heteroatoms. The van der Waals surface area contributed by atoms with E-state index in [1.807, 2.05) is 12.1 Å². The second kappa shape index (κ2) is 9.73. The van der Waals surface area contributed by atoms with Gasteiger partial charge in [0.2, 0.25) is 0 Å². The molecule has 2 nitrogen and oxygen atoms in total. The maximum absolute atomic E-state index is 6.42. The molecule has 0 radical (unpaired) electrons. The third kappa shape index (κ3) is 4.82. The third-order valence-corrected chi connectivity index (χ3v) is 6.83. The molecule has 2 aliphatic heterocycles. The van der Waals surface area contributed by atoms with Gasteiger partial charge in [-0.25, -0.2) is 0 Å². The first-order valence-corrected chi connectivity index (χ1v) is 9.90. The molecule has 148 valence electrons. The predicted molar refractivity (Wildman–Crippen MR) is 121 cm³/mol. The van der Waals surface area contributed by atoms with Gasteiger partial charge in [-0.1, -0.05) is 58.5 Å². The summed E-state index contributed by atoms with van der Waals surface area (Å²) in [5, 5.41) is 2.66. The zero-order valence-corrected chi connectivity index (χ0v) is 19.1. The molecule has 0 unspecified atom stereocenters. The predicted octanol–water partition coefficient (Wildman–Crippen LogP) is 6.52. The quantitative estimate of drug-likeness (QED) is 0.475. The molecule has 0 bridgehead atoms. The van der Waals surface area contributed by atoms with Gasteiger partial charge in [0, 0.05) is 26.2 Å². The largest absolute Gasteiger partial charge is 0.286 e. The first kappa shape index (κ1) is 23.4. The summed E-state index contributed by atoms with van der Waals surface area (Å²) in [6.07, 6.45) is 2.01. The minimum absolute atomic E-state index is 0. The number of benzene rings is 2. The molecule has 0 aliphatic carbocycles. The average molecular weight is 489 g/mol. The van der Waals surface area contributed by atoms with Gasteiger partial charge in [0.15, 0.2) is 0 Å². The Kier molecular flexibility index (Phi) is 8.43. The van der Waals surface area contributed by atoms with Crippen molar-refractivity contribution < 1.29 is 0 Å². The van der Waals surface area contributed by atoms with Gasteiger partial charge in [-0.05, 0) is 47.2 Å². The molecule has 0 N–H and O–H groups in total. The van der Waals surface area contributed by atoms with Crippen LogP contribution in [0.3, 0.4) is 0 Å². The minimum Gasteiger partial charge on any atom is -0.286 e. The molecular weight excluding hydrogens is 469 g/mol. The maximum Gasteiger partial charge on any atom is 0.0640 e. The van der Waals surface area contributed by atoms with Crippen LogP contribution >= 0.6 is 71.2 Å². The highest BCUT2D eigenvalue weighted by molar-refractivity contribution is 6.43. The molecule has 0 amide bonds. The van der Waals surface area contributed by atoms with Crippen LogP contribution in [0.25, 0.3) is 0 Å². The zero-order chi connectivity index (χ0) is 17.6. The number of rotatable bonds is 2. The standard InChI is InChI=1S/C19H18Cl4N2.2ClH/c20-16-3-1-12-5-7-24(9-14(12)18(16)22)11-25-8-6-13-2-4-17(21)19(23)15(13)10-25;;/h1-4H,5-11H2;2*1H. The van der Waals surface area contributed by atoms with E-state index in [0.29, 0.717) is 20.1 Å². The van der Waals surface area contributed by atoms with E-state index in [-0.39, 0.29) is 24.8 Å². The molecule has 0 aromatic heterocycles. The maximum atomic E-state index is 6.42. The molecule has 27 heavy (non-hydrogen) atoms. The van der Waals surface area contributed by atoms with E-state index in [9.17, 15) is 0 Å². The Morgan fingerprint density at radius 1 is 0.667 bits per heavy atom. The van der Waals surface area contributed by atoms with Crippen LogP contribution in [0.1, 0.15) is 22.3 Å². The van der Waals surface area contributed by atoms with Crippen LogP contribution in [0.4, 0.5) is 0 Å². The van der Waals surface area contributed by atoms with E-state index in [0.717, 1.165) is 45.7 Å². The third-order valence-electron chi connectivity index (χ3n) is 5.14. The van der Waals surface area contributed by atoms with Gasteiger partial charge in [-0.3, -0.25) is 9.80 Å². The number of fused-ring (bicyclic) bond motifs is 2. The van der Waals surface area contributed by atoms with Crippen LogP contribution < -0.4 is 0 Å². The summed E-state index contributed by atoms with van der Waals surface area (Å²) in [6, 6.07) is 7.98. The number of halogens is 6. The Morgan fingerprint density at radius 2 is 1.07 bits per heavy atom.